The van der Waals surface area contributed by atoms with Crippen molar-refractivity contribution in [3.05, 3.63) is 59.9 Å². The molecule has 2 aromatic rings. The van der Waals surface area contributed by atoms with Crippen molar-refractivity contribution in [1.29, 1.82) is 0 Å². The first-order valence-corrected chi connectivity index (χ1v) is 10.9. The van der Waals surface area contributed by atoms with Crippen LogP contribution in [0.5, 0.6) is 5.75 Å². The maximum Gasteiger partial charge on any atom is 0.222 e. The first kappa shape index (κ1) is 20.7. The van der Waals surface area contributed by atoms with Crippen molar-refractivity contribution < 1.29 is 13.9 Å². The Kier molecular flexibility index (Phi) is 7.74. The molecule has 0 atom stereocenters. The molecular weight excluding hydrogens is 375 g/mol. The number of carbonyl (C=O) groups is 1. The Morgan fingerprint density at radius 3 is 2.36 bits per heavy atom. The molecule has 1 amide bonds. The lowest BCUT2D eigenvalue weighted by atomic mass is 10.1. The number of hydrogen-bond donors (Lipinski definition) is 0. The van der Waals surface area contributed by atoms with Gasteiger partial charge in [0.2, 0.25) is 5.91 Å². The summed E-state index contributed by atoms with van der Waals surface area (Å²) >= 11 is 1.73. The molecule has 0 aromatic heterocycles. The van der Waals surface area contributed by atoms with Crippen molar-refractivity contribution >= 4 is 17.7 Å². The predicted molar refractivity (Wildman–Crippen MR) is 111 cm³/mol. The third kappa shape index (κ3) is 6.24. The van der Waals surface area contributed by atoms with Gasteiger partial charge in [0.15, 0.2) is 0 Å². The van der Waals surface area contributed by atoms with Gasteiger partial charge in [-0.05, 0) is 54.6 Å². The molecule has 2 aromatic carbocycles. The summed E-state index contributed by atoms with van der Waals surface area (Å²) in [6.45, 7) is 4.62. The number of benzene rings is 2. The summed E-state index contributed by atoms with van der Waals surface area (Å²) in [6, 6.07) is 14.5. The number of rotatable bonds is 8. The van der Waals surface area contributed by atoms with E-state index in [-0.39, 0.29) is 11.7 Å². The van der Waals surface area contributed by atoms with E-state index in [4.69, 9.17) is 4.74 Å². The Morgan fingerprint density at radius 2 is 1.71 bits per heavy atom. The Morgan fingerprint density at radius 1 is 1.04 bits per heavy atom. The van der Waals surface area contributed by atoms with Crippen molar-refractivity contribution in [3.63, 3.8) is 0 Å². The second-order valence-electron chi connectivity index (χ2n) is 6.87. The number of amides is 1. The number of halogens is 1. The molecule has 1 aliphatic heterocycles. The van der Waals surface area contributed by atoms with Crippen LogP contribution in [0.25, 0.3) is 0 Å². The van der Waals surface area contributed by atoms with Crippen LogP contribution in [-0.4, -0.2) is 61.3 Å². The maximum absolute atomic E-state index is 12.9. The van der Waals surface area contributed by atoms with Crippen LogP contribution < -0.4 is 4.74 Å². The molecule has 0 aliphatic carbocycles. The predicted octanol–water partition coefficient (Wildman–Crippen LogP) is 3.70. The summed E-state index contributed by atoms with van der Waals surface area (Å²) in [7, 11) is 0. The van der Waals surface area contributed by atoms with Gasteiger partial charge >= 0.3 is 0 Å². The molecule has 28 heavy (non-hydrogen) atoms. The van der Waals surface area contributed by atoms with E-state index < -0.39 is 0 Å². The van der Waals surface area contributed by atoms with E-state index in [1.807, 2.05) is 4.90 Å². The van der Waals surface area contributed by atoms with Crippen molar-refractivity contribution in [2.24, 2.45) is 0 Å². The summed E-state index contributed by atoms with van der Waals surface area (Å²) in [4.78, 5) is 18.0. The minimum Gasteiger partial charge on any atom is -0.492 e. The zero-order chi connectivity index (χ0) is 19.8. The molecule has 4 nitrogen and oxygen atoms in total. The van der Waals surface area contributed by atoms with E-state index in [1.165, 1.54) is 22.6 Å². The standard InChI is InChI=1S/C22H27FN2O2S/c1-28-21-9-2-18(3-10-21)4-11-22(26)25-14-12-24(13-15-25)16-17-27-20-7-5-19(23)6-8-20/h2-3,5-10H,4,11-17H2,1H3. The van der Waals surface area contributed by atoms with Gasteiger partial charge in [-0.25, -0.2) is 4.39 Å². The lowest BCUT2D eigenvalue weighted by Crippen LogP contribution is -2.49. The SMILES string of the molecule is CSc1ccc(CCC(=O)N2CCN(CCOc3ccc(F)cc3)CC2)cc1. The number of ether oxygens (including phenoxy) is 1. The van der Waals surface area contributed by atoms with Gasteiger partial charge in [-0.2, -0.15) is 0 Å². The molecule has 6 heteroatoms. The van der Waals surface area contributed by atoms with Crippen LogP contribution in [0.15, 0.2) is 53.4 Å². The van der Waals surface area contributed by atoms with E-state index in [0.717, 1.165) is 39.1 Å². The molecule has 0 N–H and O–H groups in total. The Bertz CT molecular complexity index is 744. The van der Waals surface area contributed by atoms with E-state index in [9.17, 15) is 9.18 Å². The Labute approximate surface area is 170 Å². The summed E-state index contributed by atoms with van der Waals surface area (Å²) < 4.78 is 18.5. The summed E-state index contributed by atoms with van der Waals surface area (Å²) in [6.07, 6.45) is 3.42. The number of thioether (sulfide) groups is 1. The van der Waals surface area contributed by atoms with Crippen molar-refractivity contribution in [1.82, 2.24) is 9.80 Å². The third-order valence-electron chi connectivity index (χ3n) is 5.00. The first-order valence-electron chi connectivity index (χ1n) is 9.65. The highest BCUT2D eigenvalue weighted by Crippen LogP contribution is 2.16. The highest BCUT2D eigenvalue weighted by molar-refractivity contribution is 7.98. The maximum atomic E-state index is 12.9. The largest absolute Gasteiger partial charge is 0.492 e. The van der Waals surface area contributed by atoms with Crippen LogP contribution in [0.4, 0.5) is 4.39 Å². The van der Waals surface area contributed by atoms with Gasteiger partial charge < -0.3 is 9.64 Å². The van der Waals surface area contributed by atoms with Crippen LogP contribution >= 0.6 is 11.8 Å². The zero-order valence-corrected chi connectivity index (χ0v) is 17.1. The summed E-state index contributed by atoms with van der Waals surface area (Å²) in [5.74, 6) is 0.655. The van der Waals surface area contributed by atoms with E-state index >= 15 is 0 Å². The zero-order valence-electron chi connectivity index (χ0n) is 16.3. The molecule has 0 bridgehead atoms. The van der Waals surface area contributed by atoms with Crippen LogP contribution in [0.3, 0.4) is 0 Å². The molecule has 1 fully saturated rings. The molecule has 1 saturated heterocycles. The van der Waals surface area contributed by atoms with Crippen molar-refractivity contribution in [2.45, 2.75) is 17.7 Å². The molecule has 0 radical (unpaired) electrons. The molecule has 0 unspecified atom stereocenters. The van der Waals surface area contributed by atoms with Crippen LogP contribution in [0.2, 0.25) is 0 Å². The highest BCUT2D eigenvalue weighted by Gasteiger charge is 2.20. The minimum absolute atomic E-state index is 0.233. The quantitative estimate of drug-likeness (QED) is 0.631. The first-order chi connectivity index (χ1) is 13.6. The lowest BCUT2D eigenvalue weighted by molar-refractivity contribution is -0.132. The van der Waals surface area contributed by atoms with Crippen molar-refractivity contribution in [2.75, 3.05) is 45.6 Å². The Balaban J connectivity index is 1.33. The van der Waals surface area contributed by atoms with Crippen LogP contribution in [-0.2, 0) is 11.2 Å². The fourth-order valence-corrected chi connectivity index (χ4v) is 3.65. The van der Waals surface area contributed by atoms with E-state index in [1.54, 1.807) is 23.9 Å². The number of carbonyl (C=O) groups excluding carboxylic acids is 1. The van der Waals surface area contributed by atoms with Gasteiger partial charge in [-0.3, -0.25) is 9.69 Å². The lowest BCUT2D eigenvalue weighted by Gasteiger charge is -2.34. The topological polar surface area (TPSA) is 32.8 Å². The Hall–Kier alpha value is -2.05. The normalized spacial score (nSPS) is 14.9. The third-order valence-corrected chi connectivity index (χ3v) is 5.75. The molecule has 3 rings (SSSR count). The van der Waals surface area contributed by atoms with E-state index in [2.05, 4.69) is 35.4 Å². The number of aryl methyl sites for hydroxylation is 1. The average Bonchev–Trinajstić information content (AvgIpc) is 2.74. The monoisotopic (exact) mass is 402 g/mol. The molecule has 0 spiro atoms. The summed E-state index contributed by atoms with van der Waals surface area (Å²) in [5.41, 5.74) is 1.21. The van der Waals surface area contributed by atoms with Gasteiger partial charge in [0.25, 0.3) is 0 Å². The molecule has 1 aliphatic rings. The number of nitrogens with zero attached hydrogens (tertiary/aromatic N) is 2. The number of piperazine rings is 1. The van der Waals surface area contributed by atoms with Crippen molar-refractivity contribution in [3.8, 4) is 5.75 Å². The minimum atomic E-state index is -0.259. The second kappa shape index (κ2) is 10.5. The fourth-order valence-electron chi connectivity index (χ4n) is 3.25. The van der Waals surface area contributed by atoms with Gasteiger partial charge in [0, 0.05) is 44.0 Å². The van der Waals surface area contributed by atoms with Gasteiger partial charge in [-0.1, -0.05) is 12.1 Å². The summed E-state index contributed by atoms with van der Waals surface area (Å²) in [5, 5.41) is 0. The second-order valence-corrected chi connectivity index (χ2v) is 7.75. The number of hydrogen-bond acceptors (Lipinski definition) is 4. The highest BCUT2D eigenvalue weighted by atomic mass is 32.2. The smallest absolute Gasteiger partial charge is 0.222 e. The van der Waals surface area contributed by atoms with Gasteiger partial charge in [0.1, 0.15) is 18.2 Å². The van der Waals surface area contributed by atoms with Crippen LogP contribution in [0.1, 0.15) is 12.0 Å². The molecular formula is C22H27FN2O2S. The molecule has 150 valence electrons. The van der Waals surface area contributed by atoms with Gasteiger partial charge in [0.05, 0.1) is 0 Å². The molecule has 0 saturated carbocycles. The molecule has 1 heterocycles. The van der Waals surface area contributed by atoms with Crippen LogP contribution in [0, 0.1) is 5.82 Å². The average molecular weight is 403 g/mol. The van der Waals surface area contributed by atoms with E-state index in [0.29, 0.717) is 18.8 Å². The van der Waals surface area contributed by atoms with Gasteiger partial charge in [-0.15, -0.1) is 11.8 Å². The fraction of sp³-hybridized carbons (Fsp3) is 0.409.